The zero-order chi connectivity index (χ0) is 14.9. The first-order valence-corrected chi connectivity index (χ1v) is 7.71. The average Bonchev–Trinajstić information content (AvgIpc) is 2.37. The van der Waals surface area contributed by atoms with Gasteiger partial charge in [0.25, 0.3) is 0 Å². The number of anilines is 1. The van der Waals surface area contributed by atoms with Crippen LogP contribution >= 0.6 is 15.9 Å². The number of aryl methyl sites for hydroxylation is 1. The molecule has 0 aromatic heterocycles. The number of Topliss-reactive ketones (excluding diaryl/α,β-unsaturated/α-hetero) is 1. The number of carbonyl (C=O) groups is 2. The lowest BCUT2D eigenvalue weighted by molar-refractivity contribution is -0.134. The SMILES string of the molecule is Cc1cccc(N2CCC[C@H](C(=O)C(C)(C)Br)C2=O)c1. The van der Waals surface area contributed by atoms with Crippen LogP contribution in [0.2, 0.25) is 0 Å². The maximum atomic E-state index is 12.6. The topological polar surface area (TPSA) is 37.4 Å². The molecule has 1 atom stereocenters. The van der Waals surface area contributed by atoms with Crippen LogP contribution in [0.4, 0.5) is 5.69 Å². The van der Waals surface area contributed by atoms with Gasteiger partial charge in [-0.3, -0.25) is 9.59 Å². The molecular formula is C16H20BrNO2. The van der Waals surface area contributed by atoms with Gasteiger partial charge in [-0.05, 0) is 51.3 Å². The average molecular weight is 338 g/mol. The monoisotopic (exact) mass is 337 g/mol. The molecule has 108 valence electrons. The molecule has 1 heterocycles. The van der Waals surface area contributed by atoms with E-state index in [-0.39, 0.29) is 11.7 Å². The van der Waals surface area contributed by atoms with Crippen LogP contribution in [0.3, 0.4) is 0 Å². The number of rotatable bonds is 3. The van der Waals surface area contributed by atoms with Crippen molar-refractivity contribution in [2.45, 2.75) is 37.9 Å². The summed E-state index contributed by atoms with van der Waals surface area (Å²) in [5, 5.41) is 0. The Morgan fingerprint density at radius 3 is 2.70 bits per heavy atom. The molecule has 0 bridgehead atoms. The molecule has 3 nitrogen and oxygen atoms in total. The van der Waals surface area contributed by atoms with E-state index in [0.717, 1.165) is 17.7 Å². The van der Waals surface area contributed by atoms with Crippen molar-refractivity contribution in [1.82, 2.24) is 0 Å². The predicted octanol–water partition coefficient (Wildman–Crippen LogP) is 3.48. The van der Waals surface area contributed by atoms with Gasteiger partial charge in [-0.2, -0.15) is 0 Å². The van der Waals surface area contributed by atoms with Gasteiger partial charge in [0.2, 0.25) is 5.91 Å². The Kier molecular flexibility index (Phi) is 4.33. The predicted molar refractivity (Wildman–Crippen MR) is 84.3 cm³/mol. The summed E-state index contributed by atoms with van der Waals surface area (Å²) in [5.41, 5.74) is 2.00. The van der Waals surface area contributed by atoms with Crippen molar-refractivity contribution in [1.29, 1.82) is 0 Å². The summed E-state index contributed by atoms with van der Waals surface area (Å²) >= 11 is 3.37. The van der Waals surface area contributed by atoms with Gasteiger partial charge >= 0.3 is 0 Å². The number of piperidine rings is 1. The standard InChI is InChI=1S/C16H20BrNO2/c1-11-6-4-7-12(10-11)18-9-5-8-13(15(18)20)14(19)16(2,3)17/h4,6-7,10,13H,5,8-9H2,1-3H3/t13-/m1/s1. The molecule has 4 heteroatoms. The van der Waals surface area contributed by atoms with E-state index in [4.69, 9.17) is 0 Å². The smallest absolute Gasteiger partial charge is 0.237 e. The Bertz CT molecular complexity index is 534. The highest BCUT2D eigenvalue weighted by Gasteiger charge is 2.40. The van der Waals surface area contributed by atoms with Gasteiger partial charge < -0.3 is 4.90 Å². The van der Waals surface area contributed by atoms with Crippen molar-refractivity contribution in [3.05, 3.63) is 29.8 Å². The molecule has 2 rings (SSSR count). The number of hydrogen-bond donors (Lipinski definition) is 0. The molecule has 1 aromatic carbocycles. The molecule has 1 aliphatic heterocycles. The summed E-state index contributed by atoms with van der Waals surface area (Å²) in [5.74, 6) is -0.627. The van der Waals surface area contributed by atoms with E-state index in [1.165, 1.54) is 0 Å². The van der Waals surface area contributed by atoms with Crippen LogP contribution in [0.5, 0.6) is 0 Å². The lowest BCUT2D eigenvalue weighted by atomic mass is 9.87. The molecule has 0 spiro atoms. The largest absolute Gasteiger partial charge is 0.312 e. The Labute approximate surface area is 128 Å². The third kappa shape index (κ3) is 3.11. The number of ketones is 1. The van der Waals surface area contributed by atoms with E-state index < -0.39 is 10.2 Å². The normalized spacial score (nSPS) is 20.1. The number of nitrogens with zero attached hydrogens (tertiary/aromatic N) is 1. The van der Waals surface area contributed by atoms with Crippen LogP contribution in [-0.4, -0.2) is 22.6 Å². The van der Waals surface area contributed by atoms with Crippen LogP contribution in [0, 0.1) is 12.8 Å². The maximum absolute atomic E-state index is 12.6. The summed E-state index contributed by atoms with van der Waals surface area (Å²) < 4.78 is -0.650. The van der Waals surface area contributed by atoms with Crippen LogP contribution in [-0.2, 0) is 9.59 Å². The Morgan fingerprint density at radius 2 is 2.10 bits per heavy atom. The first-order valence-electron chi connectivity index (χ1n) is 6.92. The number of halogens is 1. The van der Waals surface area contributed by atoms with Crippen molar-refractivity contribution >= 4 is 33.3 Å². The summed E-state index contributed by atoms with van der Waals surface area (Å²) in [6.45, 7) is 6.29. The fourth-order valence-electron chi connectivity index (χ4n) is 2.59. The molecule has 1 aliphatic rings. The van der Waals surface area contributed by atoms with E-state index in [1.807, 2.05) is 31.2 Å². The molecule has 0 saturated carbocycles. The second kappa shape index (κ2) is 5.68. The zero-order valence-electron chi connectivity index (χ0n) is 12.1. The summed E-state index contributed by atoms with van der Waals surface area (Å²) in [7, 11) is 0. The number of hydrogen-bond acceptors (Lipinski definition) is 2. The second-order valence-corrected chi connectivity index (χ2v) is 7.84. The fraction of sp³-hybridized carbons (Fsp3) is 0.500. The number of amides is 1. The zero-order valence-corrected chi connectivity index (χ0v) is 13.7. The molecule has 1 fully saturated rings. The minimum Gasteiger partial charge on any atom is -0.312 e. The van der Waals surface area contributed by atoms with E-state index >= 15 is 0 Å². The Morgan fingerprint density at radius 1 is 1.40 bits per heavy atom. The lowest BCUT2D eigenvalue weighted by Crippen LogP contribution is -2.48. The van der Waals surface area contributed by atoms with Gasteiger partial charge in [-0.1, -0.05) is 28.1 Å². The third-order valence-electron chi connectivity index (χ3n) is 3.65. The molecule has 1 aromatic rings. The molecule has 1 saturated heterocycles. The second-order valence-electron chi connectivity index (χ2n) is 5.86. The Balaban J connectivity index is 2.25. The maximum Gasteiger partial charge on any atom is 0.237 e. The summed E-state index contributed by atoms with van der Waals surface area (Å²) in [4.78, 5) is 26.7. The first kappa shape index (κ1) is 15.2. The van der Waals surface area contributed by atoms with Crippen molar-refractivity contribution in [3.8, 4) is 0 Å². The minimum atomic E-state index is -0.650. The molecule has 0 aliphatic carbocycles. The van der Waals surface area contributed by atoms with Crippen molar-refractivity contribution in [2.75, 3.05) is 11.4 Å². The number of carbonyl (C=O) groups excluding carboxylic acids is 2. The van der Waals surface area contributed by atoms with Crippen LogP contribution < -0.4 is 4.90 Å². The minimum absolute atomic E-state index is 0.0279. The number of alkyl halides is 1. The highest BCUT2D eigenvalue weighted by atomic mass is 79.9. The fourth-order valence-corrected chi connectivity index (χ4v) is 2.86. The van der Waals surface area contributed by atoms with Crippen LogP contribution in [0.15, 0.2) is 24.3 Å². The first-order chi connectivity index (χ1) is 9.30. The lowest BCUT2D eigenvalue weighted by Gasteiger charge is -2.33. The molecule has 20 heavy (non-hydrogen) atoms. The van der Waals surface area contributed by atoms with E-state index in [9.17, 15) is 9.59 Å². The molecular weight excluding hydrogens is 318 g/mol. The van der Waals surface area contributed by atoms with Crippen molar-refractivity contribution < 1.29 is 9.59 Å². The highest BCUT2D eigenvalue weighted by molar-refractivity contribution is 9.10. The Hall–Kier alpha value is -1.16. The summed E-state index contributed by atoms with van der Waals surface area (Å²) in [6.07, 6.45) is 1.51. The van der Waals surface area contributed by atoms with E-state index in [1.54, 1.807) is 18.7 Å². The quantitative estimate of drug-likeness (QED) is 0.625. The van der Waals surface area contributed by atoms with Gasteiger partial charge in [0.05, 0.1) is 10.2 Å². The molecule has 0 N–H and O–H groups in total. The van der Waals surface area contributed by atoms with Gasteiger partial charge in [0.1, 0.15) is 0 Å². The van der Waals surface area contributed by atoms with Gasteiger partial charge in [0.15, 0.2) is 5.78 Å². The van der Waals surface area contributed by atoms with Gasteiger partial charge in [0, 0.05) is 12.2 Å². The van der Waals surface area contributed by atoms with Gasteiger partial charge in [-0.25, -0.2) is 0 Å². The van der Waals surface area contributed by atoms with Gasteiger partial charge in [-0.15, -0.1) is 0 Å². The number of benzene rings is 1. The third-order valence-corrected chi connectivity index (χ3v) is 4.05. The summed E-state index contributed by atoms with van der Waals surface area (Å²) in [6, 6.07) is 7.86. The van der Waals surface area contributed by atoms with Crippen LogP contribution in [0.25, 0.3) is 0 Å². The van der Waals surface area contributed by atoms with Crippen LogP contribution in [0.1, 0.15) is 32.3 Å². The van der Waals surface area contributed by atoms with Crippen molar-refractivity contribution in [3.63, 3.8) is 0 Å². The van der Waals surface area contributed by atoms with E-state index in [2.05, 4.69) is 15.9 Å². The van der Waals surface area contributed by atoms with E-state index in [0.29, 0.717) is 13.0 Å². The van der Waals surface area contributed by atoms with Crippen molar-refractivity contribution in [2.24, 2.45) is 5.92 Å². The molecule has 0 radical (unpaired) electrons. The molecule has 1 amide bonds. The molecule has 0 unspecified atom stereocenters. The highest BCUT2D eigenvalue weighted by Crippen LogP contribution is 2.30.